The Kier molecular flexibility index (Phi) is 2.19. The SMILES string of the molecule is N#CC1CN1/C(=C\C(=O)O)C(=O)O. The van der Waals surface area contributed by atoms with Gasteiger partial charge in [0.25, 0.3) is 0 Å². The van der Waals surface area contributed by atoms with Crippen LogP contribution in [0.15, 0.2) is 11.8 Å². The van der Waals surface area contributed by atoms with Crippen LogP contribution in [0, 0.1) is 11.3 Å². The topological polar surface area (TPSA) is 101 Å². The van der Waals surface area contributed by atoms with Crippen LogP contribution in [0.4, 0.5) is 0 Å². The summed E-state index contributed by atoms with van der Waals surface area (Å²) in [5.74, 6) is -2.67. The number of carboxylic acid groups (broad SMARTS) is 2. The molecule has 1 atom stereocenters. The number of hydrogen-bond acceptors (Lipinski definition) is 4. The van der Waals surface area contributed by atoms with Crippen molar-refractivity contribution in [2.45, 2.75) is 6.04 Å². The quantitative estimate of drug-likeness (QED) is 0.439. The molecule has 0 bridgehead atoms. The predicted octanol–water partition coefficient (Wildman–Crippen LogP) is -0.753. The van der Waals surface area contributed by atoms with Crippen molar-refractivity contribution in [3.8, 4) is 6.07 Å². The van der Waals surface area contributed by atoms with E-state index in [0.29, 0.717) is 6.08 Å². The Hall–Kier alpha value is -2.03. The summed E-state index contributed by atoms with van der Waals surface area (Å²) < 4.78 is 0. The van der Waals surface area contributed by atoms with E-state index in [1.165, 1.54) is 4.90 Å². The highest BCUT2D eigenvalue weighted by molar-refractivity contribution is 5.94. The lowest BCUT2D eigenvalue weighted by molar-refractivity contribution is -0.136. The van der Waals surface area contributed by atoms with Gasteiger partial charge in [0.05, 0.1) is 18.7 Å². The molecule has 0 aromatic carbocycles. The molecule has 6 nitrogen and oxygen atoms in total. The number of nitrogens with zero attached hydrogens (tertiary/aromatic N) is 2. The van der Waals surface area contributed by atoms with E-state index in [2.05, 4.69) is 0 Å². The number of carboxylic acids is 2. The summed E-state index contributed by atoms with van der Waals surface area (Å²) in [7, 11) is 0. The number of aliphatic carboxylic acids is 2. The van der Waals surface area contributed by atoms with E-state index in [1.807, 2.05) is 6.07 Å². The van der Waals surface area contributed by atoms with Crippen molar-refractivity contribution in [2.24, 2.45) is 0 Å². The van der Waals surface area contributed by atoms with Crippen molar-refractivity contribution in [3.05, 3.63) is 11.8 Å². The van der Waals surface area contributed by atoms with Crippen LogP contribution in [0.1, 0.15) is 0 Å². The first-order chi connectivity index (χ1) is 6.06. The second-order valence-electron chi connectivity index (χ2n) is 2.47. The maximum atomic E-state index is 10.5. The molecule has 2 N–H and O–H groups in total. The molecule has 1 unspecified atom stereocenters. The van der Waals surface area contributed by atoms with Crippen LogP contribution in [0.25, 0.3) is 0 Å². The van der Waals surface area contributed by atoms with Gasteiger partial charge in [-0.2, -0.15) is 5.26 Å². The second kappa shape index (κ2) is 3.15. The Labute approximate surface area is 73.3 Å². The maximum Gasteiger partial charge on any atom is 0.352 e. The molecule has 1 saturated heterocycles. The van der Waals surface area contributed by atoms with E-state index >= 15 is 0 Å². The lowest BCUT2D eigenvalue weighted by Crippen LogP contribution is -2.13. The van der Waals surface area contributed by atoms with Crippen LogP contribution < -0.4 is 0 Å². The van der Waals surface area contributed by atoms with Crippen molar-refractivity contribution in [3.63, 3.8) is 0 Å². The standard InChI is InChI=1S/C7H6N2O4/c8-2-4-3-9(4)5(7(12)13)1-6(10)11/h1,4H,3H2,(H,10,11)(H,12,13)/b5-1-. The first-order valence-corrected chi connectivity index (χ1v) is 3.40. The molecule has 0 spiro atoms. The molecule has 0 saturated carbocycles. The fourth-order valence-electron chi connectivity index (χ4n) is 0.900. The monoisotopic (exact) mass is 182 g/mol. The smallest absolute Gasteiger partial charge is 0.352 e. The summed E-state index contributed by atoms with van der Waals surface area (Å²) >= 11 is 0. The lowest BCUT2D eigenvalue weighted by Gasteiger charge is -2.01. The van der Waals surface area contributed by atoms with Gasteiger partial charge in [0.15, 0.2) is 0 Å². The van der Waals surface area contributed by atoms with Crippen LogP contribution in [0.3, 0.4) is 0 Å². The molecule has 1 rings (SSSR count). The molecule has 1 fully saturated rings. The van der Waals surface area contributed by atoms with Gasteiger partial charge in [-0.1, -0.05) is 0 Å². The third kappa shape index (κ3) is 1.96. The Morgan fingerprint density at radius 1 is 1.54 bits per heavy atom. The lowest BCUT2D eigenvalue weighted by atomic mass is 10.4. The summed E-state index contributed by atoms with van der Waals surface area (Å²) in [5.41, 5.74) is -0.348. The van der Waals surface area contributed by atoms with E-state index < -0.39 is 18.0 Å². The molecular formula is C7H6N2O4. The number of carbonyl (C=O) groups is 2. The Bertz CT molecular complexity index is 328. The minimum atomic E-state index is -1.33. The van der Waals surface area contributed by atoms with Crippen LogP contribution >= 0.6 is 0 Å². The third-order valence-corrected chi connectivity index (χ3v) is 1.55. The van der Waals surface area contributed by atoms with E-state index in [1.54, 1.807) is 0 Å². The molecule has 0 aromatic heterocycles. The first-order valence-electron chi connectivity index (χ1n) is 3.40. The zero-order chi connectivity index (χ0) is 10.0. The van der Waals surface area contributed by atoms with Crippen LogP contribution in [0.2, 0.25) is 0 Å². The number of rotatable bonds is 3. The van der Waals surface area contributed by atoms with Crippen molar-refractivity contribution in [1.29, 1.82) is 5.26 Å². The summed E-state index contributed by atoms with van der Waals surface area (Å²) in [6.45, 7) is 0.280. The van der Waals surface area contributed by atoms with Crippen molar-refractivity contribution < 1.29 is 19.8 Å². The van der Waals surface area contributed by atoms with Gasteiger partial charge >= 0.3 is 11.9 Å². The van der Waals surface area contributed by atoms with Gasteiger partial charge in [-0.25, -0.2) is 9.59 Å². The third-order valence-electron chi connectivity index (χ3n) is 1.55. The van der Waals surface area contributed by atoms with Crippen molar-refractivity contribution >= 4 is 11.9 Å². The van der Waals surface area contributed by atoms with Crippen molar-refractivity contribution in [1.82, 2.24) is 4.90 Å². The minimum absolute atomic E-state index is 0.280. The molecular weight excluding hydrogens is 176 g/mol. The highest BCUT2D eigenvalue weighted by Gasteiger charge is 2.38. The molecule has 0 aromatic rings. The van der Waals surface area contributed by atoms with Crippen LogP contribution in [-0.2, 0) is 9.59 Å². The average Bonchev–Trinajstić information content (AvgIpc) is 2.77. The Balaban J connectivity index is 2.78. The van der Waals surface area contributed by atoms with Crippen LogP contribution in [-0.4, -0.2) is 39.6 Å². The molecule has 1 heterocycles. The summed E-state index contributed by atoms with van der Waals surface area (Å²) in [4.78, 5) is 21.9. The molecule has 0 radical (unpaired) electrons. The first kappa shape index (κ1) is 9.06. The zero-order valence-corrected chi connectivity index (χ0v) is 6.47. The van der Waals surface area contributed by atoms with Gasteiger partial charge < -0.3 is 15.1 Å². The zero-order valence-electron chi connectivity index (χ0n) is 6.47. The predicted molar refractivity (Wildman–Crippen MR) is 39.5 cm³/mol. The Morgan fingerprint density at radius 2 is 2.15 bits per heavy atom. The highest BCUT2D eigenvalue weighted by atomic mass is 16.4. The normalized spacial score (nSPS) is 20.7. The molecule has 0 amide bonds. The number of nitriles is 1. The molecule has 0 aliphatic carbocycles. The molecule has 6 heteroatoms. The largest absolute Gasteiger partial charge is 0.478 e. The molecule has 13 heavy (non-hydrogen) atoms. The highest BCUT2D eigenvalue weighted by Crippen LogP contribution is 2.23. The van der Waals surface area contributed by atoms with E-state index in [9.17, 15) is 9.59 Å². The molecule has 1 aliphatic heterocycles. The fraction of sp³-hybridized carbons (Fsp3) is 0.286. The van der Waals surface area contributed by atoms with Crippen LogP contribution in [0.5, 0.6) is 0 Å². The average molecular weight is 182 g/mol. The molecule has 68 valence electrons. The fourth-order valence-corrected chi connectivity index (χ4v) is 0.900. The van der Waals surface area contributed by atoms with E-state index in [0.717, 1.165) is 0 Å². The van der Waals surface area contributed by atoms with E-state index in [4.69, 9.17) is 15.5 Å². The molecule has 1 aliphatic rings. The summed E-state index contributed by atoms with van der Waals surface area (Å²) in [6.07, 6.45) is 0.583. The van der Waals surface area contributed by atoms with Gasteiger partial charge in [-0.05, 0) is 0 Å². The number of hydrogen-bond donors (Lipinski definition) is 2. The summed E-state index contributed by atoms with van der Waals surface area (Å²) in [6, 6.07) is 1.33. The Morgan fingerprint density at radius 3 is 2.46 bits per heavy atom. The van der Waals surface area contributed by atoms with Gasteiger partial charge in [0.2, 0.25) is 0 Å². The van der Waals surface area contributed by atoms with Gasteiger partial charge in [0, 0.05) is 0 Å². The second-order valence-corrected chi connectivity index (χ2v) is 2.47. The van der Waals surface area contributed by atoms with E-state index in [-0.39, 0.29) is 12.2 Å². The van der Waals surface area contributed by atoms with Crippen molar-refractivity contribution in [2.75, 3.05) is 6.54 Å². The maximum absolute atomic E-state index is 10.5. The van der Waals surface area contributed by atoms with Gasteiger partial charge in [-0.3, -0.25) is 0 Å². The summed E-state index contributed by atoms with van der Waals surface area (Å²) in [5, 5.41) is 25.3. The van der Waals surface area contributed by atoms with Gasteiger partial charge in [0.1, 0.15) is 11.7 Å². The minimum Gasteiger partial charge on any atom is -0.478 e. The van der Waals surface area contributed by atoms with Gasteiger partial charge in [-0.15, -0.1) is 0 Å².